The average molecular weight is 475 g/mol. The number of oxazole rings is 1. The molecular weight excluding hydrogens is 448 g/mol. The summed E-state index contributed by atoms with van der Waals surface area (Å²) in [4.78, 5) is 23.9. The normalized spacial score (nSPS) is 20.1. The van der Waals surface area contributed by atoms with Gasteiger partial charge in [-0.05, 0) is 45.0 Å². The molecule has 1 aliphatic heterocycles. The van der Waals surface area contributed by atoms with E-state index in [2.05, 4.69) is 15.3 Å². The molecule has 1 aromatic carbocycles. The fraction of sp³-hybridized carbons (Fsp3) is 0.435. The fourth-order valence-electron chi connectivity index (χ4n) is 3.71. The largest absolute Gasteiger partial charge is 0.493 e. The molecule has 0 spiro atoms. The second kappa shape index (κ2) is 8.81. The van der Waals surface area contributed by atoms with Crippen molar-refractivity contribution in [3.63, 3.8) is 0 Å². The molecular formula is C23H27ClN4O5. The number of ether oxygens (including phenoxy) is 2. The number of rotatable bonds is 6. The van der Waals surface area contributed by atoms with Gasteiger partial charge in [0.05, 0.1) is 50.2 Å². The summed E-state index contributed by atoms with van der Waals surface area (Å²) < 4.78 is 17.2. The molecule has 0 bridgehead atoms. The van der Waals surface area contributed by atoms with Crippen molar-refractivity contribution >= 4 is 34.6 Å². The van der Waals surface area contributed by atoms with Crippen molar-refractivity contribution in [2.75, 3.05) is 32.2 Å². The third-order valence-electron chi connectivity index (χ3n) is 5.67. The van der Waals surface area contributed by atoms with E-state index < -0.39 is 11.1 Å². The predicted octanol–water partition coefficient (Wildman–Crippen LogP) is 3.50. The number of morpholine rings is 1. The van der Waals surface area contributed by atoms with Gasteiger partial charge in [0, 0.05) is 16.8 Å². The topological polar surface area (TPSA) is 110 Å². The molecule has 9 nitrogen and oxygen atoms in total. The number of carbonyl (C=O) groups is 1. The van der Waals surface area contributed by atoms with Gasteiger partial charge in [0.25, 0.3) is 11.9 Å². The number of hydrogen-bond donors (Lipinski definition) is 2. The monoisotopic (exact) mass is 474 g/mol. The summed E-state index contributed by atoms with van der Waals surface area (Å²) in [5, 5.41) is 13.6. The van der Waals surface area contributed by atoms with Crippen LogP contribution in [0.3, 0.4) is 0 Å². The van der Waals surface area contributed by atoms with Crippen molar-refractivity contribution in [2.45, 2.75) is 38.5 Å². The van der Waals surface area contributed by atoms with Crippen molar-refractivity contribution in [3.8, 4) is 5.75 Å². The lowest BCUT2D eigenvalue weighted by Crippen LogP contribution is -2.64. The minimum absolute atomic E-state index is 0.218. The van der Waals surface area contributed by atoms with Crippen molar-refractivity contribution in [2.24, 2.45) is 0 Å². The zero-order valence-corrected chi connectivity index (χ0v) is 19.8. The Morgan fingerprint density at radius 2 is 2.12 bits per heavy atom. The lowest BCUT2D eigenvalue weighted by Gasteiger charge is -2.49. The SMILES string of the molecule is COc1cc(C(=O)N2CC(C)(C)OCC2(C)CO)cc2nc(NCc3cc(Cl)ccn3)oc12. The number of halogens is 1. The molecule has 176 valence electrons. The van der Waals surface area contributed by atoms with Crippen molar-refractivity contribution in [1.29, 1.82) is 0 Å². The first-order valence-electron chi connectivity index (χ1n) is 10.5. The van der Waals surface area contributed by atoms with E-state index in [9.17, 15) is 9.90 Å². The predicted molar refractivity (Wildman–Crippen MR) is 124 cm³/mol. The Balaban J connectivity index is 1.63. The highest BCUT2D eigenvalue weighted by molar-refractivity contribution is 6.30. The molecule has 1 fully saturated rings. The number of carbonyl (C=O) groups excluding carboxylic acids is 1. The molecule has 1 amide bonds. The maximum atomic E-state index is 13.5. The number of nitrogens with zero attached hydrogens (tertiary/aromatic N) is 3. The van der Waals surface area contributed by atoms with Crippen LogP contribution in [-0.4, -0.2) is 63.9 Å². The van der Waals surface area contributed by atoms with Crippen molar-refractivity contribution in [3.05, 3.63) is 46.7 Å². The van der Waals surface area contributed by atoms with Gasteiger partial charge < -0.3 is 29.2 Å². The van der Waals surface area contributed by atoms with Crippen LogP contribution in [0.4, 0.5) is 6.01 Å². The van der Waals surface area contributed by atoms with Gasteiger partial charge in [0.1, 0.15) is 5.52 Å². The molecule has 1 unspecified atom stereocenters. The highest BCUT2D eigenvalue weighted by atomic mass is 35.5. The summed E-state index contributed by atoms with van der Waals surface area (Å²) in [5.74, 6) is 0.138. The number of aromatic nitrogens is 2. The van der Waals surface area contributed by atoms with Crippen LogP contribution >= 0.6 is 11.6 Å². The van der Waals surface area contributed by atoms with Crippen LogP contribution in [0.5, 0.6) is 5.75 Å². The molecule has 1 atom stereocenters. The van der Waals surface area contributed by atoms with E-state index in [1.807, 2.05) is 13.8 Å². The minimum Gasteiger partial charge on any atom is -0.493 e. The maximum Gasteiger partial charge on any atom is 0.296 e. The molecule has 33 heavy (non-hydrogen) atoms. The molecule has 10 heteroatoms. The second-order valence-electron chi connectivity index (χ2n) is 8.96. The minimum atomic E-state index is -0.838. The zero-order valence-electron chi connectivity index (χ0n) is 19.0. The number of methoxy groups -OCH3 is 1. The first kappa shape index (κ1) is 23.3. The highest BCUT2D eigenvalue weighted by Gasteiger charge is 2.44. The number of nitrogens with one attached hydrogen (secondary N) is 1. The van der Waals surface area contributed by atoms with Gasteiger partial charge in [-0.1, -0.05) is 11.6 Å². The molecule has 0 saturated carbocycles. The Morgan fingerprint density at radius 1 is 1.33 bits per heavy atom. The van der Waals surface area contributed by atoms with Crippen LogP contribution in [0.1, 0.15) is 36.8 Å². The summed E-state index contributed by atoms with van der Waals surface area (Å²) in [6.07, 6.45) is 1.62. The van der Waals surface area contributed by atoms with Crippen molar-refractivity contribution in [1.82, 2.24) is 14.9 Å². The van der Waals surface area contributed by atoms with Gasteiger partial charge in [-0.25, -0.2) is 0 Å². The van der Waals surface area contributed by atoms with Gasteiger partial charge in [-0.15, -0.1) is 0 Å². The first-order valence-corrected chi connectivity index (χ1v) is 10.9. The average Bonchev–Trinajstić information content (AvgIpc) is 3.21. The third-order valence-corrected chi connectivity index (χ3v) is 5.91. The van der Waals surface area contributed by atoms with E-state index in [4.69, 9.17) is 25.5 Å². The van der Waals surface area contributed by atoms with E-state index in [1.54, 1.807) is 42.3 Å². The van der Waals surface area contributed by atoms with Gasteiger partial charge in [-0.2, -0.15) is 4.98 Å². The number of aliphatic hydroxyl groups excluding tert-OH is 1. The van der Waals surface area contributed by atoms with Crippen LogP contribution in [0, 0.1) is 0 Å². The Morgan fingerprint density at radius 3 is 2.82 bits per heavy atom. The lowest BCUT2D eigenvalue weighted by molar-refractivity contribution is -0.144. The molecule has 0 aliphatic carbocycles. The number of amides is 1. The highest BCUT2D eigenvalue weighted by Crippen LogP contribution is 2.34. The van der Waals surface area contributed by atoms with E-state index in [-0.39, 0.29) is 25.1 Å². The standard InChI is InChI=1S/C23H27ClN4O5/c1-22(2)11-28(23(3,12-29)13-32-22)20(30)14-7-17-19(18(8-14)31-4)33-21(27-17)26-10-16-9-15(24)5-6-25-16/h5-9,29H,10-13H2,1-4H3,(H,26,27). The van der Waals surface area contributed by atoms with E-state index in [0.29, 0.717) is 40.5 Å². The zero-order chi connectivity index (χ0) is 23.8. The van der Waals surface area contributed by atoms with E-state index in [1.165, 1.54) is 7.11 Å². The van der Waals surface area contributed by atoms with Gasteiger partial charge >= 0.3 is 0 Å². The molecule has 1 saturated heterocycles. The van der Waals surface area contributed by atoms with E-state index >= 15 is 0 Å². The number of fused-ring (bicyclic) bond motifs is 1. The van der Waals surface area contributed by atoms with Crippen LogP contribution in [-0.2, 0) is 11.3 Å². The van der Waals surface area contributed by atoms with Crippen molar-refractivity contribution < 1.29 is 23.8 Å². The molecule has 4 rings (SSSR count). The van der Waals surface area contributed by atoms with Crippen LogP contribution in [0.15, 0.2) is 34.9 Å². The fourth-order valence-corrected chi connectivity index (χ4v) is 3.90. The molecule has 3 heterocycles. The summed E-state index contributed by atoms with van der Waals surface area (Å²) >= 11 is 6.01. The maximum absolute atomic E-state index is 13.5. The Hall–Kier alpha value is -2.88. The Kier molecular flexibility index (Phi) is 6.22. The number of benzene rings is 1. The lowest BCUT2D eigenvalue weighted by atomic mass is 9.93. The quantitative estimate of drug-likeness (QED) is 0.558. The van der Waals surface area contributed by atoms with Crippen LogP contribution in [0.2, 0.25) is 5.02 Å². The van der Waals surface area contributed by atoms with Crippen LogP contribution < -0.4 is 10.1 Å². The molecule has 1 aliphatic rings. The number of pyridine rings is 1. The Bertz CT molecular complexity index is 1180. The molecule has 2 N–H and O–H groups in total. The first-order chi connectivity index (χ1) is 15.6. The summed E-state index contributed by atoms with van der Waals surface area (Å²) in [6, 6.07) is 7.00. The number of hydrogen-bond acceptors (Lipinski definition) is 8. The van der Waals surface area contributed by atoms with Crippen LogP contribution in [0.25, 0.3) is 11.1 Å². The second-order valence-corrected chi connectivity index (χ2v) is 9.40. The Labute approximate surface area is 196 Å². The number of aliphatic hydroxyl groups is 1. The molecule has 0 radical (unpaired) electrons. The summed E-state index contributed by atoms with van der Waals surface area (Å²) in [6.45, 7) is 6.34. The molecule has 2 aromatic heterocycles. The third kappa shape index (κ3) is 4.75. The summed E-state index contributed by atoms with van der Waals surface area (Å²) in [7, 11) is 1.50. The smallest absolute Gasteiger partial charge is 0.296 e. The summed E-state index contributed by atoms with van der Waals surface area (Å²) in [5.41, 5.74) is 0.631. The van der Waals surface area contributed by atoms with Gasteiger partial charge in [-0.3, -0.25) is 9.78 Å². The van der Waals surface area contributed by atoms with E-state index in [0.717, 1.165) is 5.69 Å². The van der Waals surface area contributed by atoms with Gasteiger partial charge in [0.2, 0.25) is 0 Å². The number of anilines is 1. The van der Waals surface area contributed by atoms with Gasteiger partial charge in [0.15, 0.2) is 11.3 Å². The molecule has 3 aromatic rings.